The van der Waals surface area contributed by atoms with Crippen LogP contribution in [0.15, 0.2) is 97.2 Å². The smallest absolute Gasteiger partial charge is 0.306 e. The molecule has 0 bridgehead atoms. The Morgan fingerprint density at radius 1 is 0.259 bits per heavy atom. The standard InChI is InChI=1S/C75H130O6/c1-4-7-10-13-16-19-22-24-26-28-30-32-34-36-37-39-40-42-44-46-48-50-53-56-59-62-65-68-74(77)80-71-72(70-79-73(76)67-64-61-58-55-52-21-18-15-12-9-6-3)81-75(78)69-66-63-60-57-54-51-49-47-45-43-41-38-35-33-31-29-27-25-23-20-17-14-11-8-5-2/h8,11,15,17-18,20,22,24-25,27-28,30-31,33-34,36,72H,4-7,9-10,12-14,16,19,21,23,26,29,32,35,37-71H2,1-3H3/b11-8-,18-15-,20-17-,24-22-,27-25-,30-28-,33-31-,36-34-. The molecule has 0 aliphatic carbocycles. The van der Waals surface area contributed by atoms with Gasteiger partial charge in [0.2, 0.25) is 0 Å². The maximum Gasteiger partial charge on any atom is 0.306 e. The Morgan fingerprint density at radius 3 is 0.802 bits per heavy atom. The van der Waals surface area contributed by atoms with Crippen molar-refractivity contribution in [1.29, 1.82) is 0 Å². The van der Waals surface area contributed by atoms with Crippen LogP contribution in [0.25, 0.3) is 0 Å². The van der Waals surface area contributed by atoms with Crippen molar-refractivity contribution < 1.29 is 28.6 Å². The summed E-state index contributed by atoms with van der Waals surface area (Å²) in [6, 6.07) is 0. The van der Waals surface area contributed by atoms with Gasteiger partial charge in [-0.05, 0) is 116 Å². The highest BCUT2D eigenvalue weighted by molar-refractivity contribution is 5.71. The van der Waals surface area contributed by atoms with Crippen molar-refractivity contribution in [2.24, 2.45) is 0 Å². The predicted molar refractivity (Wildman–Crippen MR) is 353 cm³/mol. The minimum absolute atomic E-state index is 0.0799. The van der Waals surface area contributed by atoms with Gasteiger partial charge >= 0.3 is 17.9 Å². The summed E-state index contributed by atoms with van der Waals surface area (Å²) in [6.07, 6.45) is 92.9. The number of hydrogen-bond donors (Lipinski definition) is 0. The third kappa shape index (κ3) is 67.0. The zero-order chi connectivity index (χ0) is 58.5. The third-order valence-electron chi connectivity index (χ3n) is 15.0. The summed E-state index contributed by atoms with van der Waals surface area (Å²) < 4.78 is 16.9. The summed E-state index contributed by atoms with van der Waals surface area (Å²) in [6.45, 7) is 6.50. The van der Waals surface area contributed by atoms with E-state index in [0.29, 0.717) is 19.3 Å². The molecular formula is C75H130O6. The molecule has 0 spiro atoms. The molecule has 0 aromatic carbocycles. The van der Waals surface area contributed by atoms with E-state index in [1.165, 1.54) is 199 Å². The van der Waals surface area contributed by atoms with Gasteiger partial charge in [-0.15, -0.1) is 0 Å². The Bertz CT molecular complexity index is 1580. The second-order valence-corrected chi connectivity index (χ2v) is 23.1. The van der Waals surface area contributed by atoms with E-state index in [4.69, 9.17) is 14.2 Å². The van der Waals surface area contributed by atoms with Crippen molar-refractivity contribution in [2.75, 3.05) is 13.2 Å². The van der Waals surface area contributed by atoms with Crippen molar-refractivity contribution in [1.82, 2.24) is 0 Å². The number of carbonyl (C=O) groups is 3. The van der Waals surface area contributed by atoms with Crippen molar-refractivity contribution in [2.45, 2.75) is 348 Å². The molecule has 0 fully saturated rings. The van der Waals surface area contributed by atoms with Crippen molar-refractivity contribution in [3.8, 4) is 0 Å². The quantitative estimate of drug-likeness (QED) is 0.0261. The molecule has 0 saturated carbocycles. The van der Waals surface area contributed by atoms with E-state index >= 15 is 0 Å². The van der Waals surface area contributed by atoms with E-state index in [0.717, 1.165) is 103 Å². The lowest BCUT2D eigenvalue weighted by molar-refractivity contribution is -0.167. The number of unbranched alkanes of at least 4 members (excludes halogenated alkanes) is 36. The SMILES string of the molecule is CC/C=C\C/C=C\C/C=C\C/C=C\CCCCCCCCCCCCCCC(=O)OC(COC(=O)CCCCCCC/C=C\CCCC)COC(=O)CCCCCCCCCCCCCC/C=C\C/C=C\C/C=C\CCCCCCC. The van der Waals surface area contributed by atoms with E-state index in [-0.39, 0.29) is 31.1 Å². The number of carbonyl (C=O) groups excluding carboxylic acids is 3. The maximum absolute atomic E-state index is 12.9. The van der Waals surface area contributed by atoms with Crippen LogP contribution in [0.1, 0.15) is 342 Å². The van der Waals surface area contributed by atoms with Crippen molar-refractivity contribution in [3.63, 3.8) is 0 Å². The van der Waals surface area contributed by atoms with Crippen molar-refractivity contribution >= 4 is 17.9 Å². The summed E-state index contributed by atoms with van der Waals surface area (Å²) in [7, 11) is 0. The van der Waals surface area contributed by atoms with E-state index in [1.54, 1.807) is 0 Å². The first-order valence-electron chi connectivity index (χ1n) is 34.7. The van der Waals surface area contributed by atoms with Crippen LogP contribution < -0.4 is 0 Å². The van der Waals surface area contributed by atoms with Crippen LogP contribution in [-0.4, -0.2) is 37.2 Å². The number of esters is 3. The Morgan fingerprint density at radius 2 is 0.494 bits per heavy atom. The van der Waals surface area contributed by atoms with E-state index in [1.807, 2.05) is 0 Å². The van der Waals surface area contributed by atoms with Crippen LogP contribution in [0.5, 0.6) is 0 Å². The zero-order valence-corrected chi connectivity index (χ0v) is 53.5. The van der Waals surface area contributed by atoms with Crippen LogP contribution in [0.2, 0.25) is 0 Å². The molecule has 1 atom stereocenters. The molecule has 0 aromatic heterocycles. The molecule has 0 N–H and O–H groups in total. The van der Waals surface area contributed by atoms with E-state index in [2.05, 4.69) is 118 Å². The predicted octanol–water partition coefficient (Wildman–Crippen LogP) is 24.0. The molecule has 6 nitrogen and oxygen atoms in total. The van der Waals surface area contributed by atoms with Crippen LogP contribution in [-0.2, 0) is 28.6 Å². The molecule has 0 radical (unpaired) electrons. The molecule has 0 amide bonds. The van der Waals surface area contributed by atoms with Gasteiger partial charge in [0.1, 0.15) is 13.2 Å². The fourth-order valence-electron chi connectivity index (χ4n) is 9.84. The molecule has 81 heavy (non-hydrogen) atoms. The highest BCUT2D eigenvalue weighted by Gasteiger charge is 2.19. The topological polar surface area (TPSA) is 78.9 Å². The van der Waals surface area contributed by atoms with Crippen LogP contribution in [0, 0.1) is 0 Å². The van der Waals surface area contributed by atoms with Gasteiger partial charge in [0.15, 0.2) is 6.10 Å². The van der Waals surface area contributed by atoms with Gasteiger partial charge in [0.25, 0.3) is 0 Å². The van der Waals surface area contributed by atoms with Crippen LogP contribution >= 0.6 is 0 Å². The first kappa shape index (κ1) is 77.3. The van der Waals surface area contributed by atoms with E-state index in [9.17, 15) is 14.4 Å². The second-order valence-electron chi connectivity index (χ2n) is 23.1. The lowest BCUT2D eigenvalue weighted by Crippen LogP contribution is -2.30. The molecule has 0 saturated heterocycles. The average Bonchev–Trinajstić information content (AvgIpc) is 3.47. The lowest BCUT2D eigenvalue weighted by Gasteiger charge is -2.18. The lowest BCUT2D eigenvalue weighted by atomic mass is 10.0. The molecular weight excluding hydrogens is 997 g/mol. The Kier molecular flexibility index (Phi) is 65.7. The Hall–Kier alpha value is -3.67. The van der Waals surface area contributed by atoms with Gasteiger partial charge in [-0.2, -0.15) is 0 Å². The van der Waals surface area contributed by atoms with Gasteiger partial charge in [-0.1, -0.05) is 304 Å². The van der Waals surface area contributed by atoms with Gasteiger partial charge in [0.05, 0.1) is 0 Å². The van der Waals surface area contributed by atoms with Crippen LogP contribution in [0.3, 0.4) is 0 Å². The second kappa shape index (κ2) is 68.8. The Balaban J connectivity index is 4.23. The van der Waals surface area contributed by atoms with E-state index < -0.39 is 6.10 Å². The number of hydrogen-bond acceptors (Lipinski definition) is 6. The van der Waals surface area contributed by atoms with Gasteiger partial charge < -0.3 is 14.2 Å². The summed E-state index contributed by atoms with van der Waals surface area (Å²) in [5, 5.41) is 0. The number of ether oxygens (including phenoxy) is 3. The minimum atomic E-state index is -0.784. The molecule has 0 aliphatic heterocycles. The zero-order valence-electron chi connectivity index (χ0n) is 53.5. The molecule has 0 aromatic rings. The Labute approximate surface area is 502 Å². The first-order chi connectivity index (χ1) is 40.0. The van der Waals surface area contributed by atoms with Crippen LogP contribution in [0.4, 0.5) is 0 Å². The largest absolute Gasteiger partial charge is 0.462 e. The minimum Gasteiger partial charge on any atom is -0.462 e. The highest BCUT2D eigenvalue weighted by Crippen LogP contribution is 2.17. The van der Waals surface area contributed by atoms with Gasteiger partial charge in [-0.3, -0.25) is 14.4 Å². The van der Waals surface area contributed by atoms with Gasteiger partial charge in [-0.25, -0.2) is 0 Å². The fourth-order valence-corrected chi connectivity index (χ4v) is 9.84. The third-order valence-corrected chi connectivity index (χ3v) is 15.0. The summed E-state index contributed by atoms with van der Waals surface area (Å²) >= 11 is 0. The normalized spacial score (nSPS) is 12.7. The maximum atomic E-state index is 12.9. The van der Waals surface area contributed by atoms with Crippen molar-refractivity contribution in [3.05, 3.63) is 97.2 Å². The number of allylic oxidation sites excluding steroid dienone is 16. The highest BCUT2D eigenvalue weighted by atomic mass is 16.6. The molecule has 0 heterocycles. The molecule has 1 unspecified atom stereocenters. The fraction of sp³-hybridized carbons (Fsp3) is 0.747. The molecule has 0 rings (SSSR count). The van der Waals surface area contributed by atoms with Gasteiger partial charge in [0, 0.05) is 19.3 Å². The summed E-state index contributed by atoms with van der Waals surface area (Å²) in [5.41, 5.74) is 0. The average molecular weight is 1130 g/mol. The number of rotatable bonds is 63. The molecule has 6 heteroatoms. The monoisotopic (exact) mass is 1130 g/mol. The summed E-state index contributed by atoms with van der Waals surface area (Å²) in [5.74, 6) is -0.881. The molecule has 0 aliphatic rings. The first-order valence-corrected chi connectivity index (χ1v) is 34.7. The summed E-state index contributed by atoms with van der Waals surface area (Å²) in [4.78, 5) is 38.4. The molecule has 466 valence electrons.